The molecule has 0 aliphatic rings. The molecule has 32 heavy (non-hydrogen) atoms. The van der Waals surface area contributed by atoms with Crippen molar-refractivity contribution in [3.63, 3.8) is 0 Å². The number of nitrogen functional groups attached to an aromatic ring is 1. The van der Waals surface area contributed by atoms with Crippen molar-refractivity contribution in [3.8, 4) is 11.3 Å². The van der Waals surface area contributed by atoms with Gasteiger partial charge in [0.05, 0.1) is 12.8 Å². The first-order chi connectivity index (χ1) is 15.6. The zero-order valence-corrected chi connectivity index (χ0v) is 17.9. The molecule has 160 valence electrons. The van der Waals surface area contributed by atoms with Gasteiger partial charge < -0.3 is 5.73 Å². The van der Waals surface area contributed by atoms with Gasteiger partial charge in [-0.15, -0.1) is 0 Å². The molecule has 4 rings (SSSR count). The van der Waals surface area contributed by atoms with Crippen LogP contribution in [0.4, 0.5) is 5.69 Å². The van der Waals surface area contributed by atoms with E-state index in [-0.39, 0.29) is 5.91 Å². The van der Waals surface area contributed by atoms with Crippen LogP contribution in [0.1, 0.15) is 34.0 Å². The number of amides is 1. The fraction of sp³-hybridized carbons (Fsp3) is 0.115. The number of aryl methyl sites for hydroxylation is 1. The van der Waals surface area contributed by atoms with Gasteiger partial charge in [-0.25, -0.2) is 5.43 Å². The maximum Gasteiger partial charge on any atom is 0.271 e. The minimum Gasteiger partial charge on any atom is -0.399 e. The molecule has 0 aliphatic heterocycles. The van der Waals surface area contributed by atoms with Crippen LogP contribution in [0.2, 0.25) is 0 Å². The first-order valence-electron chi connectivity index (χ1n) is 10.5. The quantitative estimate of drug-likeness (QED) is 0.261. The van der Waals surface area contributed by atoms with E-state index in [2.05, 4.69) is 53.8 Å². The first-order valence-corrected chi connectivity index (χ1v) is 10.5. The van der Waals surface area contributed by atoms with Gasteiger partial charge in [0.25, 0.3) is 5.91 Å². The van der Waals surface area contributed by atoms with Crippen LogP contribution in [0.3, 0.4) is 0 Å². The molecule has 0 spiro atoms. The molecule has 6 heteroatoms. The van der Waals surface area contributed by atoms with Crippen molar-refractivity contribution in [2.75, 3.05) is 5.73 Å². The predicted molar refractivity (Wildman–Crippen MR) is 128 cm³/mol. The van der Waals surface area contributed by atoms with Gasteiger partial charge in [0.1, 0.15) is 5.69 Å². The lowest BCUT2D eigenvalue weighted by Crippen LogP contribution is -2.17. The van der Waals surface area contributed by atoms with E-state index in [0.29, 0.717) is 17.8 Å². The highest BCUT2D eigenvalue weighted by atomic mass is 16.2. The number of anilines is 1. The van der Waals surface area contributed by atoms with E-state index in [4.69, 9.17) is 10.8 Å². The van der Waals surface area contributed by atoms with Gasteiger partial charge in [-0.3, -0.25) is 9.48 Å². The summed E-state index contributed by atoms with van der Waals surface area (Å²) in [6.45, 7) is 2.78. The zero-order valence-electron chi connectivity index (χ0n) is 17.9. The molecule has 3 aromatic carbocycles. The second-order valence-corrected chi connectivity index (χ2v) is 7.49. The summed E-state index contributed by atoms with van der Waals surface area (Å²) < 4.78 is 1.89. The van der Waals surface area contributed by atoms with E-state index in [0.717, 1.165) is 28.8 Å². The largest absolute Gasteiger partial charge is 0.399 e. The number of nitrogens with one attached hydrogen (secondary N) is 1. The monoisotopic (exact) mass is 423 g/mol. The molecule has 0 aliphatic carbocycles. The zero-order chi connectivity index (χ0) is 22.3. The van der Waals surface area contributed by atoms with Crippen LogP contribution in [-0.4, -0.2) is 21.9 Å². The summed E-state index contributed by atoms with van der Waals surface area (Å²) >= 11 is 0. The summed E-state index contributed by atoms with van der Waals surface area (Å²) in [5.41, 5.74) is 14.4. The second-order valence-electron chi connectivity index (χ2n) is 7.49. The van der Waals surface area contributed by atoms with E-state index in [1.54, 1.807) is 30.5 Å². The summed E-state index contributed by atoms with van der Waals surface area (Å²) in [6, 6.07) is 25.2. The number of hydrogen-bond acceptors (Lipinski definition) is 4. The van der Waals surface area contributed by atoms with Crippen molar-refractivity contribution in [3.05, 3.63) is 107 Å². The Bertz CT molecular complexity index is 1210. The molecule has 1 aromatic heterocycles. The van der Waals surface area contributed by atoms with Crippen LogP contribution < -0.4 is 11.2 Å². The summed E-state index contributed by atoms with van der Waals surface area (Å²) in [6.07, 6.45) is 4.55. The Kier molecular flexibility index (Phi) is 6.41. The second kappa shape index (κ2) is 9.75. The molecule has 0 bridgehead atoms. The average Bonchev–Trinajstić information content (AvgIpc) is 3.22. The molecule has 1 amide bonds. The van der Waals surface area contributed by atoms with Crippen LogP contribution in [0.5, 0.6) is 0 Å². The summed E-state index contributed by atoms with van der Waals surface area (Å²) in [7, 11) is 0. The van der Waals surface area contributed by atoms with Gasteiger partial charge in [-0.1, -0.05) is 61.5 Å². The molecule has 3 N–H and O–H groups in total. The number of aromatic nitrogens is 2. The highest BCUT2D eigenvalue weighted by Crippen LogP contribution is 2.22. The Hall–Kier alpha value is -4.19. The number of nitrogens with two attached hydrogens (primary N) is 1. The minimum absolute atomic E-state index is 0.299. The molecule has 0 radical (unpaired) electrons. The van der Waals surface area contributed by atoms with E-state index in [9.17, 15) is 4.79 Å². The molecular formula is C26H25N5O. The van der Waals surface area contributed by atoms with E-state index < -0.39 is 0 Å². The minimum atomic E-state index is -0.299. The number of benzene rings is 3. The van der Waals surface area contributed by atoms with Crippen LogP contribution >= 0.6 is 0 Å². The fourth-order valence-electron chi connectivity index (χ4n) is 3.36. The standard InChI is InChI=1S/C26H25N5O/c1-2-19-8-10-21(11-9-19)25-23(18-31(30-25)17-20-6-4-3-5-7-20)16-28-29-26(32)22-12-14-24(27)15-13-22/h3-16,18H,2,17,27H2,1H3,(H,29,32)/b28-16-. The Morgan fingerprint density at radius 3 is 2.41 bits per heavy atom. The smallest absolute Gasteiger partial charge is 0.271 e. The molecular weight excluding hydrogens is 398 g/mol. The molecule has 0 saturated carbocycles. The Balaban J connectivity index is 1.58. The number of hydrazone groups is 1. The third kappa shape index (κ3) is 5.10. The Morgan fingerprint density at radius 1 is 1.00 bits per heavy atom. The molecule has 0 saturated heterocycles. The average molecular weight is 424 g/mol. The fourth-order valence-corrected chi connectivity index (χ4v) is 3.36. The van der Waals surface area contributed by atoms with Gasteiger partial charge in [0, 0.05) is 28.6 Å². The highest BCUT2D eigenvalue weighted by molar-refractivity contribution is 5.95. The van der Waals surface area contributed by atoms with Crippen molar-refractivity contribution in [2.45, 2.75) is 19.9 Å². The molecule has 6 nitrogen and oxygen atoms in total. The van der Waals surface area contributed by atoms with Gasteiger partial charge >= 0.3 is 0 Å². The lowest BCUT2D eigenvalue weighted by atomic mass is 10.1. The highest BCUT2D eigenvalue weighted by Gasteiger charge is 2.11. The van der Waals surface area contributed by atoms with E-state index in [1.165, 1.54) is 5.56 Å². The Morgan fingerprint density at radius 2 is 1.72 bits per heavy atom. The third-order valence-electron chi connectivity index (χ3n) is 5.16. The molecule has 1 heterocycles. The summed E-state index contributed by atoms with van der Waals surface area (Å²) in [4.78, 5) is 12.3. The van der Waals surface area contributed by atoms with Crippen molar-refractivity contribution in [1.82, 2.24) is 15.2 Å². The van der Waals surface area contributed by atoms with Gasteiger partial charge in [-0.2, -0.15) is 10.2 Å². The van der Waals surface area contributed by atoms with Crippen molar-refractivity contribution in [2.24, 2.45) is 5.10 Å². The van der Waals surface area contributed by atoms with E-state index in [1.807, 2.05) is 29.1 Å². The number of carbonyl (C=O) groups excluding carboxylic acids is 1. The number of rotatable bonds is 7. The Labute approximate surface area is 187 Å². The van der Waals surface area contributed by atoms with Gasteiger partial charge in [0.2, 0.25) is 0 Å². The SMILES string of the molecule is CCc1ccc(-c2nn(Cc3ccccc3)cc2/C=N\NC(=O)c2ccc(N)cc2)cc1. The number of hydrogen-bond donors (Lipinski definition) is 2. The molecule has 0 unspecified atom stereocenters. The molecule has 0 fully saturated rings. The van der Waals surface area contributed by atoms with Crippen LogP contribution in [0, 0.1) is 0 Å². The summed E-state index contributed by atoms with van der Waals surface area (Å²) in [5.74, 6) is -0.299. The van der Waals surface area contributed by atoms with Crippen molar-refractivity contribution < 1.29 is 4.79 Å². The van der Waals surface area contributed by atoms with Gasteiger partial charge in [0.15, 0.2) is 0 Å². The lowest BCUT2D eigenvalue weighted by Gasteiger charge is -2.02. The third-order valence-corrected chi connectivity index (χ3v) is 5.16. The first kappa shape index (κ1) is 21.1. The van der Waals surface area contributed by atoms with Crippen molar-refractivity contribution >= 4 is 17.8 Å². The predicted octanol–water partition coefficient (Wildman–Crippen LogP) is 4.51. The topological polar surface area (TPSA) is 85.3 Å². The molecule has 0 atom stereocenters. The van der Waals surface area contributed by atoms with Crippen LogP contribution in [0.15, 0.2) is 90.2 Å². The maximum absolute atomic E-state index is 12.3. The molecule has 4 aromatic rings. The van der Waals surface area contributed by atoms with Gasteiger partial charge in [-0.05, 0) is 41.8 Å². The van der Waals surface area contributed by atoms with Crippen molar-refractivity contribution in [1.29, 1.82) is 0 Å². The van der Waals surface area contributed by atoms with Crippen LogP contribution in [-0.2, 0) is 13.0 Å². The summed E-state index contributed by atoms with van der Waals surface area (Å²) in [5, 5.41) is 8.97. The van der Waals surface area contributed by atoms with E-state index >= 15 is 0 Å². The number of carbonyl (C=O) groups is 1. The maximum atomic E-state index is 12.3. The lowest BCUT2D eigenvalue weighted by molar-refractivity contribution is 0.0955. The number of nitrogens with zero attached hydrogens (tertiary/aromatic N) is 3. The normalized spacial score (nSPS) is 11.0. The van der Waals surface area contributed by atoms with Crippen LogP contribution in [0.25, 0.3) is 11.3 Å².